The summed E-state index contributed by atoms with van der Waals surface area (Å²) in [6.07, 6.45) is 0. The molecule has 4 N–H and O–H groups in total. The van der Waals surface area contributed by atoms with Crippen LogP contribution in [0, 0.1) is 0 Å². The van der Waals surface area contributed by atoms with Gasteiger partial charge in [-0.3, -0.25) is 9.52 Å². The lowest BCUT2D eigenvalue weighted by atomic mass is 10.2. The van der Waals surface area contributed by atoms with Crippen LogP contribution in [0.2, 0.25) is 0 Å². The van der Waals surface area contributed by atoms with Crippen molar-refractivity contribution in [1.82, 2.24) is 4.98 Å². The number of benzene rings is 3. The monoisotopic (exact) mass is 407 g/mol. The Morgan fingerprint density at radius 2 is 1.52 bits per heavy atom. The molecule has 0 unspecified atom stereocenters. The second-order valence-electron chi connectivity index (χ2n) is 6.40. The van der Waals surface area contributed by atoms with Crippen molar-refractivity contribution in [3.8, 4) is 5.75 Å². The molecular weight excluding hydrogens is 390 g/mol. The normalized spacial score (nSPS) is 11.3. The van der Waals surface area contributed by atoms with Crippen molar-refractivity contribution in [2.45, 2.75) is 4.90 Å². The SMILES string of the molecule is O=C(Nc1ccc(S(=O)(=O)Nc2ccc(O)cc2)cc1)c1cc2ccccc2[nH]1. The first-order valence-corrected chi connectivity index (χ1v) is 10.2. The van der Waals surface area contributed by atoms with Crippen LogP contribution in [0.25, 0.3) is 10.9 Å². The quantitative estimate of drug-likeness (QED) is 0.376. The van der Waals surface area contributed by atoms with E-state index in [0.717, 1.165) is 10.9 Å². The van der Waals surface area contributed by atoms with Crippen molar-refractivity contribution in [3.63, 3.8) is 0 Å². The maximum Gasteiger partial charge on any atom is 0.272 e. The molecule has 0 spiro atoms. The van der Waals surface area contributed by atoms with Crippen molar-refractivity contribution in [1.29, 1.82) is 0 Å². The van der Waals surface area contributed by atoms with Crippen LogP contribution in [-0.2, 0) is 10.0 Å². The lowest BCUT2D eigenvalue weighted by Crippen LogP contribution is -2.14. The number of hydrogen-bond donors (Lipinski definition) is 4. The molecule has 0 bridgehead atoms. The predicted octanol–water partition coefficient (Wildman–Crippen LogP) is 3.93. The van der Waals surface area contributed by atoms with Crippen LogP contribution in [0.5, 0.6) is 5.75 Å². The number of para-hydroxylation sites is 1. The summed E-state index contributed by atoms with van der Waals surface area (Å²) in [5.74, 6) is -0.276. The minimum Gasteiger partial charge on any atom is -0.508 e. The molecular formula is C21H17N3O4S. The second kappa shape index (κ2) is 7.33. The summed E-state index contributed by atoms with van der Waals surface area (Å²) < 4.78 is 27.4. The lowest BCUT2D eigenvalue weighted by molar-refractivity contribution is 0.102. The standard InChI is InChI=1S/C21H17N3O4S/c25-17-9-5-16(6-10-17)24-29(27,28)18-11-7-15(8-12-18)22-21(26)20-13-14-3-1-2-4-19(14)23-20/h1-13,23-25H,(H,22,26). The third-order valence-electron chi connectivity index (χ3n) is 4.32. The summed E-state index contributed by atoms with van der Waals surface area (Å²) in [6.45, 7) is 0. The van der Waals surface area contributed by atoms with Crippen molar-refractivity contribution >= 4 is 38.2 Å². The summed E-state index contributed by atoms with van der Waals surface area (Å²) in [6, 6.07) is 20.9. The molecule has 0 saturated carbocycles. The van der Waals surface area contributed by atoms with E-state index in [1.54, 1.807) is 6.07 Å². The van der Waals surface area contributed by atoms with Crippen LogP contribution in [0.1, 0.15) is 10.5 Å². The number of phenolic OH excluding ortho intramolecular Hbond substituents is 1. The van der Waals surface area contributed by atoms with Gasteiger partial charge in [0.1, 0.15) is 11.4 Å². The van der Waals surface area contributed by atoms with Crippen LogP contribution in [0.4, 0.5) is 11.4 Å². The molecule has 3 aromatic carbocycles. The van der Waals surface area contributed by atoms with Gasteiger partial charge in [0.25, 0.3) is 15.9 Å². The van der Waals surface area contributed by atoms with E-state index in [2.05, 4.69) is 15.0 Å². The van der Waals surface area contributed by atoms with Gasteiger partial charge in [0.05, 0.1) is 4.90 Å². The Kier molecular flexibility index (Phi) is 4.69. The number of phenols is 1. The van der Waals surface area contributed by atoms with Gasteiger partial charge >= 0.3 is 0 Å². The van der Waals surface area contributed by atoms with Crippen LogP contribution in [0.15, 0.2) is 83.8 Å². The largest absolute Gasteiger partial charge is 0.508 e. The number of fused-ring (bicyclic) bond motifs is 1. The first kappa shape index (κ1) is 18.6. The number of H-pyrrole nitrogens is 1. The van der Waals surface area contributed by atoms with Crippen LogP contribution in [0.3, 0.4) is 0 Å². The molecule has 146 valence electrons. The zero-order valence-electron chi connectivity index (χ0n) is 15.1. The van der Waals surface area contributed by atoms with Gasteiger partial charge < -0.3 is 15.4 Å². The van der Waals surface area contributed by atoms with E-state index in [1.165, 1.54) is 48.5 Å². The highest BCUT2D eigenvalue weighted by Gasteiger charge is 2.15. The highest BCUT2D eigenvalue weighted by atomic mass is 32.2. The number of amides is 1. The van der Waals surface area contributed by atoms with E-state index in [4.69, 9.17) is 0 Å². The number of aromatic amines is 1. The van der Waals surface area contributed by atoms with Crippen LogP contribution < -0.4 is 10.0 Å². The highest BCUT2D eigenvalue weighted by molar-refractivity contribution is 7.92. The van der Waals surface area contributed by atoms with Gasteiger partial charge in [0, 0.05) is 22.3 Å². The van der Waals surface area contributed by atoms with Crippen molar-refractivity contribution in [2.24, 2.45) is 0 Å². The summed E-state index contributed by atoms with van der Waals surface area (Å²) in [7, 11) is -3.79. The van der Waals surface area contributed by atoms with E-state index in [-0.39, 0.29) is 16.6 Å². The fraction of sp³-hybridized carbons (Fsp3) is 0. The molecule has 0 aliphatic carbocycles. The number of aromatic hydroxyl groups is 1. The van der Waals surface area contributed by atoms with E-state index >= 15 is 0 Å². The third kappa shape index (κ3) is 4.07. The molecule has 1 heterocycles. The lowest BCUT2D eigenvalue weighted by Gasteiger charge is -2.09. The second-order valence-corrected chi connectivity index (χ2v) is 8.08. The number of sulfonamides is 1. The molecule has 0 saturated heterocycles. The molecule has 0 aliphatic heterocycles. The average molecular weight is 407 g/mol. The molecule has 0 fully saturated rings. The fourth-order valence-electron chi connectivity index (χ4n) is 2.86. The number of carbonyl (C=O) groups is 1. The Balaban J connectivity index is 1.48. The zero-order chi connectivity index (χ0) is 20.4. The van der Waals surface area contributed by atoms with Crippen LogP contribution >= 0.6 is 0 Å². The molecule has 7 nitrogen and oxygen atoms in total. The first-order chi connectivity index (χ1) is 13.9. The summed E-state index contributed by atoms with van der Waals surface area (Å²) in [5.41, 5.74) is 2.08. The van der Waals surface area contributed by atoms with Gasteiger partial charge in [-0.05, 0) is 60.7 Å². The van der Waals surface area contributed by atoms with Crippen molar-refractivity contribution < 1.29 is 18.3 Å². The van der Waals surface area contributed by atoms with E-state index in [0.29, 0.717) is 17.1 Å². The highest BCUT2D eigenvalue weighted by Crippen LogP contribution is 2.21. The number of rotatable bonds is 5. The molecule has 29 heavy (non-hydrogen) atoms. The maximum absolute atomic E-state index is 12.5. The number of carbonyl (C=O) groups excluding carboxylic acids is 1. The smallest absolute Gasteiger partial charge is 0.272 e. The van der Waals surface area contributed by atoms with E-state index < -0.39 is 10.0 Å². The van der Waals surface area contributed by atoms with E-state index in [1.807, 2.05) is 24.3 Å². The van der Waals surface area contributed by atoms with Crippen molar-refractivity contribution in [3.05, 3.63) is 84.6 Å². The minimum atomic E-state index is -3.79. The Morgan fingerprint density at radius 3 is 2.21 bits per heavy atom. The van der Waals surface area contributed by atoms with Gasteiger partial charge in [-0.2, -0.15) is 0 Å². The van der Waals surface area contributed by atoms with Gasteiger partial charge in [0.15, 0.2) is 0 Å². The molecule has 0 atom stereocenters. The van der Waals surface area contributed by atoms with E-state index in [9.17, 15) is 18.3 Å². The molecule has 0 aliphatic rings. The first-order valence-electron chi connectivity index (χ1n) is 8.72. The summed E-state index contributed by atoms with van der Waals surface area (Å²) in [4.78, 5) is 15.5. The Morgan fingerprint density at radius 1 is 0.862 bits per heavy atom. The zero-order valence-corrected chi connectivity index (χ0v) is 15.9. The average Bonchev–Trinajstić information content (AvgIpc) is 3.14. The minimum absolute atomic E-state index is 0.0444. The molecule has 1 aromatic heterocycles. The fourth-order valence-corrected chi connectivity index (χ4v) is 3.91. The van der Waals surface area contributed by atoms with Gasteiger partial charge in [-0.25, -0.2) is 8.42 Å². The van der Waals surface area contributed by atoms with Crippen LogP contribution in [-0.4, -0.2) is 24.4 Å². The maximum atomic E-state index is 12.5. The predicted molar refractivity (Wildman–Crippen MR) is 112 cm³/mol. The summed E-state index contributed by atoms with van der Waals surface area (Å²) in [5, 5.41) is 13.0. The molecule has 4 aromatic rings. The van der Waals surface area contributed by atoms with Gasteiger partial charge in [-0.1, -0.05) is 18.2 Å². The topological polar surface area (TPSA) is 111 Å². The molecule has 8 heteroatoms. The molecule has 4 rings (SSSR count). The Bertz CT molecular complexity index is 1240. The number of aromatic nitrogens is 1. The van der Waals surface area contributed by atoms with Gasteiger partial charge in [0.2, 0.25) is 0 Å². The Labute approximate surface area is 167 Å². The molecule has 1 amide bonds. The number of nitrogens with one attached hydrogen (secondary N) is 3. The Hall–Kier alpha value is -3.78. The molecule has 0 radical (unpaired) electrons. The third-order valence-corrected chi connectivity index (χ3v) is 5.71. The number of hydrogen-bond acceptors (Lipinski definition) is 4. The van der Waals surface area contributed by atoms with Crippen molar-refractivity contribution in [2.75, 3.05) is 10.0 Å². The number of anilines is 2. The van der Waals surface area contributed by atoms with Gasteiger partial charge in [-0.15, -0.1) is 0 Å². The summed E-state index contributed by atoms with van der Waals surface area (Å²) >= 11 is 0.